The van der Waals surface area contributed by atoms with Crippen LogP contribution in [0.25, 0.3) is 85.9 Å². The minimum atomic E-state index is 1.24. The highest BCUT2D eigenvalue weighted by Crippen LogP contribution is 2.49. The Morgan fingerprint density at radius 1 is 0.341 bits per heavy atom. The molecular formula is C40H24S. The summed E-state index contributed by atoms with van der Waals surface area (Å²) >= 11 is 1.90. The molecule has 1 heterocycles. The van der Waals surface area contributed by atoms with Gasteiger partial charge < -0.3 is 0 Å². The van der Waals surface area contributed by atoms with Crippen LogP contribution in [-0.4, -0.2) is 0 Å². The summed E-state index contributed by atoms with van der Waals surface area (Å²) in [7, 11) is 0. The SMILES string of the molecule is c1ccc(-c2cccc(-c3c4ccccc4c(-c4cc5cccc6sc7cccc4c7c56)c4ccccc34)c2)cc1. The molecule has 8 aromatic carbocycles. The standard InChI is InChI=1S/C40H24S/c1-2-11-25(12-3-1)26-13-8-14-27(23-26)37-29-16-4-6-18-31(29)39(32-19-7-5-17-30(32)37)34-24-28-15-9-21-35-38(28)40-33(34)20-10-22-36(40)41-35/h1-24H. The molecule has 9 aromatic rings. The van der Waals surface area contributed by atoms with E-state index in [1.807, 2.05) is 11.3 Å². The summed E-state index contributed by atoms with van der Waals surface area (Å²) in [6, 6.07) is 53.6. The van der Waals surface area contributed by atoms with Crippen molar-refractivity contribution in [3.63, 3.8) is 0 Å². The van der Waals surface area contributed by atoms with E-state index in [1.165, 1.54) is 85.9 Å². The smallest absolute Gasteiger partial charge is 0.0361 e. The molecule has 0 saturated carbocycles. The van der Waals surface area contributed by atoms with Crippen LogP contribution in [0.3, 0.4) is 0 Å². The van der Waals surface area contributed by atoms with Gasteiger partial charge in [0.15, 0.2) is 0 Å². The van der Waals surface area contributed by atoms with E-state index in [2.05, 4.69) is 146 Å². The molecule has 1 aromatic heterocycles. The van der Waals surface area contributed by atoms with Crippen LogP contribution in [0.1, 0.15) is 0 Å². The van der Waals surface area contributed by atoms with Gasteiger partial charge in [-0.15, -0.1) is 11.3 Å². The number of fused-ring (bicyclic) bond motifs is 2. The number of benzene rings is 8. The van der Waals surface area contributed by atoms with Gasteiger partial charge in [0.05, 0.1) is 0 Å². The second-order valence-electron chi connectivity index (χ2n) is 10.8. The summed E-state index contributed by atoms with van der Waals surface area (Å²) in [6.07, 6.45) is 0. The quantitative estimate of drug-likeness (QED) is 0.156. The van der Waals surface area contributed by atoms with E-state index in [1.54, 1.807) is 0 Å². The van der Waals surface area contributed by atoms with E-state index < -0.39 is 0 Å². The summed E-state index contributed by atoms with van der Waals surface area (Å²) in [5.74, 6) is 0. The monoisotopic (exact) mass is 536 g/mol. The Hall–Kier alpha value is -4.98. The number of hydrogen-bond donors (Lipinski definition) is 0. The summed E-state index contributed by atoms with van der Waals surface area (Å²) in [4.78, 5) is 0. The zero-order valence-electron chi connectivity index (χ0n) is 22.3. The van der Waals surface area contributed by atoms with Gasteiger partial charge in [-0.25, -0.2) is 0 Å². The van der Waals surface area contributed by atoms with Crippen molar-refractivity contribution in [1.82, 2.24) is 0 Å². The molecule has 0 nitrogen and oxygen atoms in total. The van der Waals surface area contributed by atoms with Crippen LogP contribution in [0, 0.1) is 0 Å². The van der Waals surface area contributed by atoms with Gasteiger partial charge >= 0.3 is 0 Å². The highest BCUT2D eigenvalue weighted by atomic mass is 32.1. The van der Waals surface area contributed by atoms with Crippen LogP contribution in [0.4, 0.5) is 0 Å². The Morgan fingerprint density at radius 3 is 1.61 bits per heavy atom. The molecular weight excluding hydrogens is 513 g/mol. The molecule has 0 atom stereocenters. The fourth-order valence-electron chi connectivity index (χ4n) is 6.89. The first-order valence-electron chi connectivity index (χ1n) is 14.1. The van der Waals surface area contributed by atoms with Gasteiger partial charge in [-0.05, 0) is 90.0 Å². The van der Waals surface area contributed by atoms with Gasteiger partial charge in [-0.2, -0.15) is 0 Å². The number of rotatable bonds is 3. The molecule has 0 unspecified atom stereocenters. The molecule has 0 N–H and O–H groups in total. The molecule has 0 spiro atoms. The maximum absolute atomic E-state index is 2.43. The van der Waals surface area contributed by atoms with Crippen molar-refractivity contribution >= 4 is 63.8 Å². The minimum absolute atomic E-state index is 1.24. The van der Waals surface area contributed by atoms with E-state index in [0.717, 1.165) is 0 Å². The van der Waals surface area contributed by atoms with E-state index in [0.29, 0.717) is 0 Å². The molecule has 0 aliphatic rings. The Morgan fingerprint density at radius 2 is 0.878 bits per heavy atom. The van der Waals surface area contributed by atoms with E-state index >= 15 is 0 Å². The average Bonchev–Trinajstić information content (AvgIpc) is 3.43. The normalized spacial score (nSPS) is 11.9. The molecule has 0 bridgehead atoms. The van der Waals surface area contributed by atoms with Gasteiger partial charge in [0, 0.05) is 20.2 Å². The fourth-order valence-corrected chi connectivity index (χ4v) is 8.06. The molecule has 190 valence electrons. The van der Waals surface area contributed by atoms with Crippen LogP contribution in [0.2, 0.25) is 0 Å². The summed E-state index contributed by atoms with van der Waals surface area (Å²) in [6.45, 7) is 0. The third-order valence-electron chi connectivity index (χ3n) is 8.60. The van der Waals surface area contributed by atoms with Crippen LogP contribution < -0.4 is 0 Å². The number of thiophene rings is 1. The Labute approximate surface area is 242 Å². The lowest BCUT2D eigenvalue weighted by Crippen LogP contribution is -1.92. The first-order chi connectivity index (χ1) is 20.3. The van der Waals surface area contributed by atoms with Crippen LogP contribution >= 0.6 is 11.3 Å². The molecule has 0 radical (unpaired) electrons. The van der Waals surface area contributed by atoms with Crippen molar-refractivity contribution in [2.24, 2.45) is 0 Å². The topological polar surface area (TPSA) is 0 Å². The molecule has 9 rings (SSSR count). The van der Waals surface area contributed by atoms with Crippen molar-refractivity contribution in [2.45, 2.75) is 0 Å². The second-order valence-corrected chi connectivity index (χ2v) is 11.9. The van der Waals surface area contributed by atoms with Crippen molar-refractivity contribution in [2.75, 3.05) is 0 Å². The van der Waals surface area contributed by atoms with Crippen molar-refractivity contribution in [1.29, 1.82) is 0 Å². The highest BCUT2D eigenvalue weighted by molar-refractivity contribution is 7.26. The fraction of sp³-hybridized carbons (Fsp3) is 0. The second kappa shape index (κ2) is 8.76. The van der Waals surface area contributed by atoms with Gasteiger partial charge in [-0.3, -0.25) is 0 Å². The largest absolute Gasteiger partial charge is 0.135 e. The molecule has 0 aliphatic carbocycles. The van der Waals surface area contributed by atoms with E-state index in [9.17, 15) is 0 Å². The summed E-state index contributed by atoms with van der Waals surface area (Å²) in [5, 5.41) is 10.6. The van der Waals surface area contributed by atoms with Crippen LogP contribution in [0.15, 0.2) is 146 Å². The lowest BCUT2D eigenvalue weighted by Gasteiger charge is -2.19. The van der Waals surface area contributed by atoms with Gasteiger partial charge in [0.1, 0.15) is 0 Å². The third-order valence-corrected chi connectivity index (χ3v) is 9.72. The average molecular weight is 537 g/mol. The van der Waals surface area contributed by atoms with Crippen molar-refractivity contribution in [3.05, 3.63) is 146 Å². The maximum Gasteiger partial charge on any atom is 0.0361 e. The Bertz CT molecular complexity index is 2350. The van der Waals surface area contributed by atoms with Gasteiger partial charge in [0.2, 0.25) is 0 Å². The van der Waals surface area contributed by atoms with E-state index in [-0.39, 0.29) is 0 Å². The lowest BCUT2D eigenvalue weighted by molar-refractivity contribution is 1.61. The van der Waals surface area contributed by atoms with Crippen LogP contribution in [-0.2, 0) is 0 Å². The van der Waals surface area contributed by atoms with Crippen LogP contribution in [0.5, 0.6) is 0 Å². The molecule has 0 aliphatic heterocycles. The first kappa shape index (κ1) is 22.8. The van der Waals surface area contributed by atoms with Crippen molar-refractivity contribution in [3.8, 4) is 33.4 Å². The predicted molar refractivity (Wildman–Crippen MR) is 179 cm³/mol. The molecule has 0 fully saturated rings. The molecule has 0 amide bonds. The molecule has 0 saturated heterocycles. The first-order valence-corrected chi connectivity index (χ1v) is 14.9. The maximum atomic E-state index is 2.43. The zero-order chi connectivity index (χ0) is 26.9. The zero-order valence-corrected chi connectivity index (χ0v) is 23.1. The van der Waals surface area contributed by atoms with Crippen molar-refractivity contribution < 1.29 is 0 Å². The number of hydrogen-bond acceptors (Lipinski definition) is 1. The summed E-state index contributed by atoms with van der Waals surface area (Å²) in [5.41, 5.74) is 7.65. The van der Waals surface area contributed by atoms with Gasteiger partial charge in [0.25, 0.3) is 0 Å². The highest BCUT2D eigenvalue weighted by Gasteiger charge is 2.21. The summed E-state index contributed by atoms with van der Waals surface area (Å²) < 4.78 is 2.72. The molecule has 1 heteroatoms. The Kier molecular flexibility index (Phi) is 4.87. The Balaban J connectivity index is 1.42. The predicted octanol–water partition coefficient (Wildman–Crippen LogP) is 12.0. The third kappa shape index (κ3) is 3.33. The lowest BCUT2D eigenvalue weighted by atomic mass is 9.83. The van der Waals surface area contributed by atoms with E-state index in [4.69, 9.17) is 0 Å². The molecule has 41 heavy (non-hydrogen) atoms. The van der Waals surface area contributed by atoms with Gasteiger partial charge in [-0.1, -0.05) is 121 Å². The minimum Gasteiger partial charge on any atom is -0.135 e.